The number of methoxy groups -OCH3 is 1. The van der Waals surface area contributed by atoms with E-state index in [1.165, 1.54) is 0 Å². The van der Waals surface area contributed by atoms with Crippen molar-refractivity contribution < 1.29 is 4.74 Å². The molecule has 2 rings (SSSR count). The number of aliphatic imine (C=N–C) groups is 1. The number of benzene rings is 1. The molecule has 1 heterocycles. The van der Waals surface area contributed by atoms with E-state index in [0.717, 1.165) is 36.9 Å². The predicted octanol–water partition coefficient (Wildman–Crippen LogP) is 0.928. The number of rotatable bonds is 4. The van der Waals surface area contributed by atoms with Crippen molar-refractivity contribution >= 4 is 23.2 Å². The lowest BCUT2D eigenvalue weighted by molar-refractivity contribution is 0.207. The number of anilines is 1. The highest BCUT2D eigenvalue weighted by molar-refractivity contribution is 6.33. The number of hydrogen-bond acceptors (Lipinski definition) is 4. The average molecular weight is 312 g/mol. The Bertz CT molecular complexity index is 474. The van der Waals surface area contributed by atoms with Gasteiger partial charge in [-0.25, -0.2) is 10.8 Å². The minimum absolute atomic E-state index is 0.588. The number of piperazine rings is 1. The number of nitrogens with two attached hydrogens (primary N) is 1. The van der Waals surface area contributed by atoms with Gasteiger partial charge in [-0.3, -0.25) is 5.43 Å². The number of hydrazine groups is 1. The molecule has 0 bridgehead atoms. The van der Waals surface area contributed by atoms with Crippen molar-refractivity contribution in [2.24, 2.45) is 10.8 Å². The molecule has 0 atom stereocenters. The molecule has 0 radical (unpaired) electrons. The van der Waals surface area contributed by atoms with Crippen LogP contribution in [0.5, 0.6) is 0 Å². The van der Waals surface area contributed by atoms with E-state index in [0.29, 0.717) is 19.1 Å². The number of ether oxygens (including phenoxy) is 1. The Morgan fingerprint density at radius 3 is 2.67 bits per heavy atom. The van der Waals surface area contributed by atoms with Crippen LogP contribution < -0.4 is 16.2 Å². The van der Waals surface area contributed by atoms with Gasteiger partial charge in [0.25, 0.3) is 0 Å². The Hall–Kier alpha value is -1.50. The molecule has 0 unspecified atom stereocenters. The van der Waals surface area contributed by atoms with Gasteiger partial charge in [0.1, 0.15) is 0 Å². The largest absolute Gasteiger partial charge is 0.383 e. The molecule has 1 saturated heterocycles. The van der Waals surface area contributed by atoms with Crippen LogP contribution in [0.25, 0.3) is 0 Å². The van der Waals surface area contributed by atoms with Gasteiger partial charge in [-0.2, -0.15) is 0 Å². The minimum atomic E-state index is 0.588. The number of hydrogen-bond donors (Lipinski definition) is 2. The highest BCUT2D eigenvalue weighted by Gasteiger charge is 2.20. The number of nitrogens with zero attached hydrogens (tertiary/aromatic N) is 3. The van der Waals surface area contributed by atoms with Crippen LogP contribution >= 0.6 is 11.6 Å². The number of halogens is 1. The molecule has 0 amide bonds. The third kappa shape index (κ3) is 4.23. The fourth-order valence-corrected chi connectivity index (χ4v) is 2.60. The van der Waals surface area contributed by atoms with Gasteiger partial charge in [0.05, 0.1) is 23.9 Å². The molecule has 1 fully saturated rings. The Kier molecular flexibility index (Phi) is 6.10. The van der Waals surface area contributed by atoms with Gasteiger partial charge in [0.15, 0.2) is 0 Å². The van der Waals surface area contributed by atoms with Gasteiger partial charge >= 0.3 is 0 Å². The predicted molar refractivity (Wildman–Crippen MR) is 86.7 cm³/mol. The number of para-hydroxylation sites is 1. The normalized spacial score (nSPS) is 16.2. The summed E-state index contributed by atoms with van der Waals surface area (Å²) < 4.78 is 5.00. The Morgan fingerprint density at radius 2 is 2.05 bits per heavy atom. The summed E-state index contributed by atoms with van der Waals surface area (Å²) in [5, 5.41) is 0.789. The van der Waals surface area contributed by atoms with E-state index in [4.69, 9.17) is 22.2 Å². The maximum atomic E-state index is 6.24. The summed E-state index contributed by atoms with van der Waals surface area (Å²) in [6.45, 7) is 4.65. The Balaban J connectivity index is 1.93. The monoisotopic (exact) mass is 311 g/mol. The minimum Gasteiger partial charge on any atom is -0.383 e. The van der Waals surface area contributed by atoms with Crippen molar-refractivity contribution in [3.63, 3.8) is 0 Å². The van der Waals surface area contributed by atoms with Gasteiger partial charge in [0.2, 0.25) is 5.96 Å². The molecule has 1 aliphatic rings. The summed E-state index contributed by atoms with van der Waals surface area (Å²) in [6, 6.07) is 7.92. The van der Waals surface area contributed by atoms with Crippen LogP contribution in [0.2, 0.25) is 5.02 Å². The first-order valence-corrected chi connectivity index (χ1v) is 7.38. The second-order valence-electron chi connectivity index (χ2n) is 4.77. The van der Waals surface area contributed by atoms with E-state index in [1.54, 1.807) is 7.11 Å². The SMILES string of the molecule is COCCN=C(NN)N1CCN(c2ccccc2Cl)CC1. The van der Waals surface area contributed by atoms with Gasteiger partial charge in [0, 0.05) is 33.3 Å². The maximum absolute atomic E-state index is 6.24. The lowest BCUT2D eigenvalue weighted by Gasteiger charge is -2.37. The van der Waals surface area contributed by atoms with E-state index in [9.17, 15) is 0 Å². The molecular weight excluding hydrogens is 290 g/mol. The van der Waals surface area contributed by atoms with Gasteiger partial charge in [-0.1, -0.05) is 23.7 Å². The fraction of sp³-hybridized carbons (Fsp3) is 0.500. The van der Waals surface area contributed by atoms with Crippen molar-refractivity contribution in [1.82, 2.24) is 10.3 Å². The first-order chi connectivity index (χ1) is 10.3. The Morgan fingerprint density at radius 1 is 1.33 bits per heavy atom. The zero-order valence-electron chi connectivity index (χ0n) is 12.3. The Labute approximate surface area is 130 Å². The second kappa shape index (κ2) is 8.07. The molecule has 0 aromatic heterocycles. The third-order valence-electron chi connectivity index (χ3n) is 3.46. The molecule has 1 aromatic rings. The van der Waals surface area contributed by atoms with Crippen LogP contribution in [0.1, 0.15) is 0 Å². The summed E-state index contributed by atoms with van der Waals surface area (Å²) in [6.07, 6.45) is 0. The summed E-state index contributed by atoms with van der Waals surface area (Å²) in [7, 11) is 1.66. The summed E-state index contributed by atoms with van der Waals surface area (Å²) in [5.74, 6) is 6.27. The van der Waals surface area contributed by atoms with Gasteiger partial charge in [-0.15, -0.1) is 0 Å². The van der Waals surface area contributed by atoms with Crippen LogP contribution in [0.4, 0.5) is 5.69 Å². The second-order valence-corrected chi connectivity index (χ2v) is 5.18. The van der Waals surface area contributed by atoms with Crippen LogP contribution in [0.3, 0.4) is 0 Å². The highest BCUT2D eigenvalue weighted by atomic mass is 35.5. The lowest BCUT2D eigenvalue weighted by atomic mass is 10.2. The standard InChI is InChI=1S/C14H22ClN5O/c1-21-11-6-17-14(18-16)20-9-7-19(8-10-20)13-5-3-2-4-12(13)15/h2-5H,6-11,16H2,1H3,(H,17,18). The van der Waals surface area contributed by atoms with E-state index < -0.39 is 0 Å². The van der Waals surface area contributed by atoms with Crippen molar-refractivity contribution in [3.05, 3.63) is 29.3 Å². The zero-order valence-corrected chi connectivity index (χ0v) is 13.0. The molecular formula is C14H22ClN5O. The lowest BCUT2D eigenvalue weighted by Crippen LogP contribution is -2.54. The van der Waals surface area contributed by atoms with Crippen LogP contribution in [0, 0.1) is 0 Å². The first kappa shape index (κ1) is 15.9. The topological polar surface area (TPSA) is 66.1 Å². The molecule has 6 nitrogen and oxygen atoms in total. The maximum Gasteiger partial charge on any atom is 0.208 e. The van der Waals surface area contributed by atoms with E-state index in [-0.39, 0.29) is 0 Å². The third-order valence-corrected chi connectivity index (χ3v) is 3.78. The molecule has 0 spiro atoms. The fourth-order valence-electron chi connectivity index (χ4n) is 2.35. The molecule has 1 aromatic carbocycles. The smallest absolute Gasteiger partial charge is 0.208 e. The van der Waals surface area contributed by atoms with Crippen LogP contribution in [-0.2, 0) is 4.74 Å². The molecule has 7 heteroatoms. The van der Waals surface area contributed by atoms with E-state index >= 15 is 0 Å². The quantitative estimate of drug-likeness (QED) is 0.285. The molecule has 116 valence electrons. The molecule has 3 N–H and O–H groups in total. The van der Waals surface area contributed by atoms with Crippen molar-refractivity contribution in [2.75, 3.05) is 51.3 Å². The summed E-state index contributed by atoms with van der Waals surface area (Å²) in [4.78, 5) is 8.83. The van der Waals surface area contributed by atoms with Gasteiger partial charge < -0.3 is 14.5 Å². The zero-order chi connectivity index (χ0) is 15.1. The van der Waals surface area contributed by atoms with Gasteiger partial charge in [-0.05, 0) is 12.1 Å². The van der Waals surface area contributed by atoms with E-state index in [1.807, 2.05) is 24.3 Å². The van der Waals surface area contributed by atoms with Crippen LogP contribution in [-0.4, -0.2) is 57.3 Å². The van der Waals surface area contributed by atoms with Crippen LogP contribution in [0.15, 0.2) is 29.3 Å². The molecule has 0 saturated carbocycles. The number of nitrogens with one attached hydrogen (secondary N) is 1. The van der Waals surface area contributed by atoms with Crippen molar-refractivity contribution in [3.8, 4) is 0 Å². The van der Waals surface area contributed by atoms with E-state index in [2.05, 4.69) is 20.2 Å². The summed E-state index contributed by atoms with van der Waals surface area (Å²) >= 11 is 6.24. The van der Waals surface area contributed by atoms with Crippen molar-refractivity contribution in [1.29, 1.82) is 0 Å². The number of guanidine groups is 1. The average Bonchev–Trinajstić information content (AvgIpc) is 2.53. The van der Waals surface area contributed by atoms with Crippen molar-refractivity contribution in [2.45, 2.75) is 0 Å². The molecule has 1 aliphatic heterocycles. The first-order valence-electron chi connectivity index (χ1n) is 7.00. The molecule has 0 aliphatic carbocycles. The molecule has 21 heavy (non-hydrogen) atoms. The summed E-state index contributed by atoms with van der Waals surface area (Å²) in [5.41, 5.74) is 3.75. The highest BCUT2D eigenvalue weighted by Crippen LogP contribution is 2.25.